The number of hydrogen-bond donors (Lipinski definition) is 1. The van der Waals surface area contributed by atoms with Crippen LogP contribution in [-0.4, -0.2) is 29.2 Å². The van der Waals surface area contributed by atoms with Crippen LogP contribution in [0.5, 0.6) is 0 Å². The van der Waals surface area contributed by atoms with Crippen molar-refractivity contribution in [3.8, 4) is 0 Å². The van der Waals surface area contributed by atoms with Gasteiger partial charge in [-0.3, -0.25) is 0 Å². The van der Waals surface area contributed by atoms with E-state index in [-0.39, 0.29) is 12.1 Å². The second-order valence-corrected chi connectivity index (χ2v) is 6.03. The maximum Gasteiger partial charge on any atom is 0.318 e. The van der Waals surface area contributed by atoms with E-state index < -0.39 is 0 Å². The molecule has 0 bridgehead atoms. The summed E-state index contributed by atoms with van der Waals surface area (Å²) in [6, 6.07) is -0.0969. The van der Waals surface area contributed by atoms with Gasteiger partial charge in [0.15, 0.2) is 0 Å². The average molecular weight is 342 g/mol. The first-order valence-electron chi connectivity index (χ1n) is 6.85. The number of carbonyl (C=O) groups is 1. The molecule has 20 heavy (non-hydrogen) atoms. The van der Waals surface area contributed by atoms with Gasteiger partial charge in [0.1, 0.15) is 5.76 Å². The monoisotopic (exact) mass is 341 g/mol. The quantitative estimate of drug-likeness (QED) is 0.915. The molecule has 5 nitrogen and oxygen atoms in total. The first-order valence-corrected chi connectivity index (χ1v) is 7.65. The van der Waals surface area contributed by atoms with Gasteiger partial charge in [0.25, 0.3) is 0 Å². The maximum absolute atomic E-state index is 12.3. The van der Waals surface area contributed by atoms with Crippen LogP contribution < -0.4 is 5.32 Å². The van der Waals surface area contributed by atoms with E-state index >= 15 is 0 Å². The highest BCUT2D eigenvalue weighted by molar-refractivity contribution is 9.11. The second-order valence-electron chi connectivity index (χ2n) is 5.01. The van der Waals surface area contributed by atoms with Crippen LogP contribution >= 0.6 is 15.9 Å². The number of nitrogens with zero attached hydrogens (tertiary/aromatic N) is 2. The van der Waals surface area contributed by atoms with E-state index in [0.29, 0.717) is 6.54 Å². The van der Waals surface area contributed by atoms with E-state index in [1.54, 1.807) is 0 Å². The number of amides is 2. The summed E-state index contributed by atoms with van der Waals surface area (Å²) in [4.78, 5) is 14.2. The van der Waals surface area contributed by atoms with Crippen LogP contribution in [-0.2, 0) is 0 Å². The fourth-order valence-electron chi connectivity index (χ4n) is 2.48. The van der Waals surface area contributed by atoms with E-state index in [4.69, 9.17) is 4.52 Å². The molecule has 110 valence electrons. The number of nitrogens with one attached hydrogen (secondary N) is 1. The zero-order valence-electron chi connectivity index (χ0n) is 12.1. The molecule has 1 aliphatic rings. The third kappa shape index (κ3) is 3.23. The molecule has 0 spiro atoms. The number of rotatable bonds is 3. The molecular formula is C14H20BrN3O2. The van der Waals surface area contributed by atoms with Crippen molar-refractivity contribution in [3.05, 3.63) is 27.6 Å². The molecule has 6 heteroatoms. The fourth-order valence-corrected chi connectivity index (χ4v) is 3.01. The minimum atomic E-state index is -0.0570. The molecule has 0 radical (unpaired) electrons. The molecule has 1 unspecified atom stereocenters. The van der Waals surface area contributed by atoms with E-state index in [0.717, 1.165) is 40.9 Å². The van der Waals surface area contributed by atoms with Gasteiger partial charge in [-0.15, -0.1) is 0 Å². The molecule has 1 aromatic heterocycles. The summed E-state index contributed by atoms with van der Waals surface area (Å²) in [5.41, 5.74) is 1.84. The summed E-state index contributed by atoms with van der Waals surface area (Å²) in [5.74, 6) is 0.773. The average Bonchev–Trinajstić information content (AvgIpc) is 2.75. The van der Waals surface area contributed by atoms with Crippen LogP contribution in [0, 0.1) is 13.8 Å². The first kappa shape index (κ1) is 15.1. The molecule has 1 aliphatic heterocycles. The van der Waals surface area contributed by atoms with E-state index in [9.17, 15) is 4.79 Å². The fraction of sp³-hybridized carbons (Fsp3) is 0.571. The third-order valence-electron chi connectivity index (χ3n) is 3.54. The van der Waals surface area contributed by atoms with Crippen molar-refractivity contribution in [1.29, 1.82) is 0 Å². The molecule has 2 heterocycles. The minimum absolute atomic E-state index is 0.0399. The summed E-state index contributed by atoms with van der Waals surface area (Å²) in [7, 11) is 0. The van der Waals surface area contributed by atoms with Gasteiger partial charge < -0.3 is 14.7 Å². The van der Waals surface area contributed by atoms with E-state index in [1.807, 2.05) is 25.7 Å². The lowest BCUT2D eigenvalue weighted by atomic mass is 10.0. The van der Waals surface area contributed by atoms with Crippen LogP contribution in [0.15, 0.2) is 15.1 Å². The van der Waals surface area contributed by atoms with Crippen molar-refractivity contribution in [2.24, 2.45) is 0 Å². The summed E-state index contributed by atoms with van der Waals surface area (Å²) < 4.78 is 6.25. The van der Waals surface area contributed by atoms with Gasteiger partial charge in [0.2, 0.25) is 0 Å². The Morgan fingerprint density at radius 1 is 1.60 bits per heavy atom. The molecular weight excluding hydrogens is 322 g/mol. The Morgan fingerprint density at radius 2 is 2.35 bits per heavy atom. The molecule has 0 saturated heterocycles. The minimum Gasteiger partial charge on any atom is -0.361 e. The Hall–Kier alpha value is -1.30. The lowest BCUT2D eigenvalue weighted by Gasteiger charge is -2.28. The summed E-state index contributed by atoms with van der Waals surface area (Å²) in [6.07, 6.45) is 3.80. The predicted molar refractivity (Wildman–Crippen MR) is 80.7 cm³/mol. The molecule has 1 aromatic rings. The Balaban J connectivity index is 2.07. The molecule has 1 N–H and O–H groups in total. The van der Waals surface area contributed by atoms with Crippen molar-refractivity contribution >= 4 is 22.0 Å². The highest BCUT2D eigenvalue weighted by Crippen LogP contribution is 2.24. The Bertz CT molecular complexity index is 505. The largest absolute Gasteiger partial charge is 0.361 e. The summed E-state index contributed by atoms with van der Waals surface area (Å²) in [6.45, 7) is 7.21. The van der Waals surface area contributed by atoms with Crippen LogP contribution in [0.2, 0.25) is 0 Å². The van der Waals surface area contributed by atoms with Crippen LogP contribution in [0.1, 0.15) is 42.8 Å². The number of aryl methyl sites for hydroxylation is 2. The highest BCUT2D eigenvalue weighted by Gasteiger charge is 2.24. The van der Waals surface area contributed by atoms with E-state index in [1.165, 1.54) is 0 Å². The van der Waals surface area contributed by atoms with Gasteiger partial charge in [0.05, 0.1) is 18.3 Å². The van der Waals surface area contributed by atoms with E-state index in [2.05, 4.69) is 32.5 Å². The molecule has 1 atom stereocenters. The zero-order chi connectivity index (χ0) is 14.7. The molecule has 0 aliphatic carbocycles. The van der Waals surface area contributed by atoms with Gasteiger partial charge in [-0.2, -0.15) is 0 Å². The smallest absolute Gasteiger partial charge is 0.318 e. The number of aromatic nitrogens is 1. The van der Waals surface area contributed by atoms with Gasteiger partial charge in [0, 0.05) is 16.6 Å². The normalized spacial score (nSPS) is 16.8. The Morgan fingerprint density at radius 3 is 2.90 bits per heavy atom. The lowest BCUT2D eigenvalue weighted by Crippen LogP contribution is -2.43. The van der Waals surface area contributed by atoms with Crippen molar-refractivity contribution in [2.75, 3.05) is 13.1 Å². The molecule has 0 saturated carbocycles. The number of halogens is 1. The van der Waals surface area contributed by atoms with Crippen molar-refractivity contribution in [2.45, 2.75) is 39.7 Å². The van der Waals surface area contributed by atoms with Gasteiger partial charge in [-0.25, -0.2) is 4.79 Å². The van der Waals surface area contributed by atoms with Gasteiger partial charge in [-0.05, 0) is 26.7 Å². The number of hydrogen-bond acceptors (Lipinski definition) is 3. The predicted octanol–water partition coefficient (Wildman–Crippen LogP) is 3.44. The Labute approximate surface area is 127 Å². The number of urea groups is 1. The SMILES string of the molecule is CCC(NC(=O)N1CCC=C(Br)C1)c1c(C)noc1C. The Kier molecular flexibility index (Phi) is 4.86. The van der Waals surface area contributed by atoms with Crippen molar-refractivity contribution in [1.82, 2.24) is 15.4 Å². The standard InChI is InChI=1S/C14H20BrN3O2/c1-4-12(13-9(2)17-20-10(13)3)16-14(19)18-7-5-6-11(15)8-18/h6,12H,4-5,7-8H2,1-3H3,(H,16,19). The lowest BCUT2D eigenvalue weighted by molar-refractivity contribution is 0.197. The topological polar surface area (TPSA) is 58.4 Å². The number of carbonyl (C=O) groups excluding carboxylic acids is 1. The van der Waals surface area contributed by atoms with Crippen LogP contribution in [0.25, 0.3) is 0 Å². The molecule has 0 fully saturated rings. The van der Waals surface area contributed by atoms with Crippen molar-refractivity contribution < 1.29 is 9.32 Å². The first-order chi connectivity index (χ1) is 9.52. The summed E-state index contributed by atoms with van der Waals surface area (Å²) >= 11 is 3.46. The third-order valence-corrected chi connectivity index (χ3v) is 4.11. The molecule has 0 aromatic carbocycles. The maximum atomic E-state index is 12.3. The summed E-state index contributed by atoms with van der Waals surface area (Å²) in [5, 5.41) is 7.04. The van der Waals surface area contributed by atoms with Crippen LogP contribution in [0.4, 0.5) is 4.79 Å². The second kappa shape index (κ2) is 6.43. The highest BCUT2D eigenvalue weighted by atomic mass is 79.9. The molecule has 2 amide bonds. The van der Waals surface area contributed by atoms with Gasteiger partial charge in [-0.1, -0.05) is 34.1 Å². The van der Waals surface area contributed by atoms with Gasteiger partial charge >= 0.3 is 6.03 Å². The molecule has 2 rings (SSSR count). The van der Waals surface area contributed by atoms with Crippen molar-refractivity contribution in [3.63, 3.8) is 0 Å². The zero-order valence-corrected chi connectivity index (χ0v) is 13.7. The van der Waals surface area contributed by atoms with Crippen LogP contribution in [0.3, 0.4) is 0 Å².